The van der Waals surface area contributed by atoms with Crippen LogP contribution in [0.2, 0.25) is 0 Å². The summed E-state index contributed by atoms with van der Waals surface area (Å²) in [4.78, 5) is 22.1. The molecule has 7 rings (SSSR count). The zero-order valence-electron chi connectivity index (χ0n) is 35.4. The maximum absolute atomic E-state index is 13.6. The molecule has 12 atom stereocenters. The summed E-state index contributed by atoms with van der Waals surface area (Å²) in [5.41, 5.74) is 7.67. The van der Waals surface area contributed by atoms with Gasteiger partial charge in [-0.2, -0.15) is 5.10 Å². The van der Waals surface area contributed by atoms with Gasteiger partial charge in [0.05, 0.1) is 44.5 Å². The molecule has 3 saturated carbocycles. The number of carbonyl (C=O) groups is 1. The van der Waals surface area contributed by atoms with Crippen LogP contribution in [0.25, 0.3) is 16.2 Å². The van der Waals surface area contributed by atoms with E-state index in [1.54, 1.807) is 6.33 Å². The van der Waals surface area contributed by atoms with Crippen LogP contribution >= 0.6 is 0 Å². The van der Waals surface area contributed by atoms with Gasteiger partial charge >= 0.3 is 5.97 Å². The zero-order valence-corrected chi connectivity index (χ0v) is 35.4. The minimum atomic E-state index is -0.637. The van der Waals surface area contributed by atoms with E-state index in [0.717, 1.165) is 49.9 Å². The van der Waals surface area contributed by atoms with Gasteiger partial charge < -0.3 is 20.3 Å². The number of nitrogens with zero attached hydrogens (tertiary/aromatic N) is 4. The first-order chi connectivity index (χ1) is 25.6. The average molecular weight is 754 g/mol. The predicted molar refractivity (Wildman–Crippen MR) is 216 cm³/mol. The lowest BCUT2D eigenvalue weighted by Gasteiger charge is -2.71. The number of rotatable bonds is 8. The number of fused-ring (bicyclic) bond motifs is 3. The Hall–Kier alpha value is -3.06. The van der Waals surface area contributed by atoms with Gasteiger partial charge in [-0.3, -0.25) is 4.79 Å². The number of ether oxygens (including phenoxy) is 2. The van der Waals surface area contributed by atoms with Crippen molar-refractivity contribution in [2.75, 3.05) is 19.8 Å². The zero-order chi connectivity index (χ0) is 40.1. The van der Waals surface area contributed by atoms with Crippen molar-refractivity contribution < 1.29 is 19.4 Å². The maximum Gasteiger partial charge on any atom is 0.307 e. The molecule has 300 valence electrons. The van der Waals surface area contributed by atoms with Crippen molar-refractivity contribution in [3.05, 3.63) is 53.7 Å². The Bertz CT molecular complexity index is 1890. The quantitative estimate of drug-likeness (QED) is 0.204. The Kier molecular flexibility index (Phi) is 9.67. The molecule has 0 amide bonds. The number of aromatic nitrogens is 3. The molecule has 2 aromatic rings. The van der Waals surface area contributed by atoms with Gasteiger partial charge in [0.15, 0.2) is 11.5 Å². The summed E-state index contributed by atoms with van der Waals surface area (Å²) in [5, 5.41) is 16.1. The molecule has 1 unspecified atom stereocenters. The molecule has 2 heterocycles. The Balaban J connectivity index is 1.36. The van der Waals surface area contributed by atoms with Gasteiger partial charge in [0.1, 0.15) is 6.33 Å². The summed E-state index contributed by atoms with van der Waals surface area (Å²) in [6.45, 7) is 34.1. The summed E-state index contributed by atoms with van der Waals surface area (Å²) in [7, 11) is 0. The summed E-state index contributed by atoms with van der Waals surface area (Å²) in [6.07, 6.45) is 9.41. The van der Waals surface area contributed by atoms with Gasteiger partial charge in [-0.25, -0.2) is 14.5 Å². The molecule has 3 N–H and O–H groups in total. The van der Waals surface area contributed by atoms with Crippen molar-refractivity contribution in [1.29, 1.82) is 0 Å². The van der Waals surface area contributed by atoms with Crippen LogP contribution in [0, 0.1) is 68.7 Å². The van der Waals surface area contributed by atoms with Crippen molar-refractivity contribution in [1.82, 2.24) is 14.8 Å². The molecular formula is C46H67N5O4. The van der Waals surface area contributed by atoms with E-state index in [-0.39, 0.29) is 45.1 Å². The third-order valence-electron chi connectivity index (χ3n) is 17.5. The maximum atomic E-state index is 13.6. The first kappa shape index (κ1) is 40.1. The van der Waals surface area contributed by atoms with Gasteiger partial charge in [0.25, 0.3) is 0 Å². The molecule has 4 aliphatic carbocycles. The van der Waals surface area contributed by atoms with Gasteiger partial charge in [0.2, 0.25) is 0 Å². The number of benzene rings is 1. The van der Waals surface area contributed by atoms with Crippen LogP contribution in [0.4, 0.5) is 5.69 Å². The molecule has 1 aromatic heterocycles. The Labute approximate surface area is 330 Å². The van der Waals surface area contributed by atoms with E-state index in [1.165, 1.54) is 5.57 Å². The molecule has 9 nitrogen and oxygen atoms in total. The molecule has 1 aliphatic heterocycles. The minimum Gasteiger partial charge on any atom is -0.481 e. The molecule has 2 bridgehead atoms. The second-order valence-corrected chi connectivity index (χ2v) is 21.2. The van der Waals surface area contributed by atoms with Crippen molar-refractivity contribution in [3.8, 4) is 11.4 Å². The van der Waals surface area contributed by atoms with E-state index in [0.29, 0.717) is 43.3 Å². The molecule has 0 spiro atoms. The minimum absolute atomic E-state index is 0.177. The highest BCUT2D eigenvalue weighted by molar-refractivity contribution is 5.73. The number of hydrogen-bond acceptors (Lipinski definition) is 6. The third-order valence-corrected chi connectivity index (χ3v) is 17.5. The highest BCUT2D eigenvalue weighted by atomic mass is 16.5. The van der Waals surface area contributed by atoms with Gasteiger partial charge in [-0.15, -0.1) is 0 Å². The van der Waals surface area contributed by atoms with Crippen LogP contribution in [0.15, 0.2) is 42.2 Å². The molecule has 1 aromatic carbocycles. The van der Waals surface area contributed by atoms with E-state index in [2.05, 4.69) is 91.8 Å². The number of aliphatic carboxylic acids is 1. The van der Waals surface area contributed by atoms with Crippen LogP contribution in [0.1, 0.15) is 121 Å². The highest BCUT2D eigenvalue weighted by Gasteiger charge is 2.72. The van der Waals surface area contributed by atoms with Crippen LogP contribution < -0.4 is 5.73 Å². The summed E-state index contributed by atoms with van der Waals surface area (Å²) < 4.78 is 16.1. The van der Waals surface area contributed by atoms with E-state index in [1.807, 2.05) is 24.3 Å². The molecule has 4 fully saturated rings. The molecule has 1 saturated heterocycles. The fourth-order valence-electron chi connectivity index (χ4n) is 13.0. The average Bonchev–Trinajstić information content (AvgIpc) is 3.60. The predicted octanol–water partition coefficient (Wildman–Crippen LogP) is 9.77. The van der Waals surface area contributed by atoms with E-state index in [4.69, 9.17) is 31.9 Å². The van der Waals surface area contributed by atoms with Crippen molar-refractivity contribution in [3.63, 3.8) is 0 Å². The topological polar surface area (TPSA) is 117 Å². The monoisotopic (exact) mass is 754 g/mol. The Morgan fingerprint density at radius 3 is 2.49 bits per heavy atom. The van der Waals surface area contributed by atoms with Crippen LogP contribution in [-0.2, 0) is 14.3 Å². The SMILES string of the molecule is [C-]#[N+]c1cccc(-c2ncnn2[C@@H]2C[C@@]34COCC(C)([C@H]2OC[C@](C)(N)C(C)(C)C)[C@@H]3CC[C@H]2C4=CC[C@@]3(C)[C@H](C(=O)O)[C@@](C)([C@H](C)C(C)C)CC[C@]23C)c1. The van der Waals surface area contributed by atoms with E-state index < -0.39 is 22.8 Å². The fraction of sp³-hybridized carbons (Fsp3) is 0.739. The van der Waals surface area contributed by atoms with Gasteiger partial charge in [-0.05, 0) is 96.8 Å². The summed E-state index contributed by atoms with van der Waals surface area (Å²) in [6, 6.07) is 7.46. The van der Waals surface area contributed by atoms with Crippen LogP contribution in [0.3, 0.4) is 0 Å². The lowest BCUT2D eigenvalue weighted by atomic mass is 9.34. The van der Waals surface area contributed by atoms with Gasteiger partial charge in [0, 0.05) is 21.9 Å². The molecule has 5 aliphatic rings. The first-order valence-corrected chi connectivity index (χ1v) is 20.9. The lowest BCUT2D eigenvalue weighted by Crippen LogP contribution is -2.69. The summed E-state index contributed by atoms with van der Waals surface area (Å²) >= 11 is 0. The van der Waals surface area contributed by atoms with Crippen molar-refractivity contribution >= 4 is 11.7 Å². The molecule has 9 heteroatoms. The van der Waals surface area contributed by atoms with E-state index in [9.17, 15) is 9.90 Å². The number of carboxylic acid groups (broad SMARTS) is 1. The number of carboxylic acids is 1. The molecular weight excluding hydrogens is 687 g/mol. The Morgan fingerprint density at radius 1 is 1.11 bits per heavy atom. The normalized spacial score (nSPS) is 40.1. The molecule has 0 radical (unpaired) electrons. The second kappa shape index (κ2) is 13.2. The molecule has 55 heavy (non-hydrogen) atoms. The Morgan fingerprint density at radius 2 is 1.84 bits per heavy atom. The first-order valence-electron chi connectivity index (χ1n) is 20.9. The van der Waals surface area contributed by atoms with Crippen molar-refractivity contribution in [2.45, 2.75) is 132 Å². The smallest absolute Gasteiger partial charge is 0.307 e. The highest BCUT2D eigenvalue weighted by Crippen LogP contribution is 2.75. The second-order valence-electron chi connectivity index (χ2n) is 21.2. The third kappa shape index (κ3) is 5.73. The standard InChI is InChI=1S/C46H67N5O4/c1-28(2)29(3)41(7)20-21-43(9)32-16-17-35-42(8)24-54-26-46(35,33(32)18-19-44(43,10)36(41)39(52)53)23-34(37(42)55-25-45(11,47)40(4,5)6)51-38(49-27-50-51)30-14-13-15-31(22-30)48-12/h13-15,18,22,27-29,32,34-37H,16-17,19-21,23-26,47H2,1-11H3,(H,52,53)/t29-,32+,34-,35+,36-,37+,41-,42?,43-,44+,45+,46+/m1/s1. The number of hydrogen-bond donors (Lipinski definition) is 2. The lowest BCUT2D eigenvalue weighted by molar-refractivity contribution is -0.253. The number of nitrogens with two attached hydrogens (primary N) is 1. The van der Waals surface area contributed by atoms with Crippen LogP contribution in [0.5, 0.6) is 0 Å². The van der Waals surface area contributed by atoms with Gasteiger partial charge in [-0.1, -0.05) is 99.1 Å². The van der Waals surface area contributed by atoms with Crippen molar-refractivity contribution in [2.24, 2.45) is 67.8 Å². The van der Waals surface area contributed by atoms with Crippen LogP contribution in [-0.4, -0.2) is 57.3 Å². The van der Waals surface area contributed by atoms with E-state index >= 15 is 0 Å². The number of allylic oxidation sites excluding steroid dienone is 1. The largest absolute Gasteiger partial charge is 0.481 e. The fourth-order valence-corrected chi connectivity index (χ4v) is 13.0. The summed E-state index contributed by atoms with van der Waals surface area (Å²) in [5.74, 6) is 0.915.